The first-order valence-electron chi connectivity index (χ1n) is 9.53. The number of nitrogens with zero attached hydrogens (tertiary/aromatic N) is 3. The van der Waals surface area contributed by atoms with Gasteiger partial charge in [0.05, 0.1) is 6.07 Å². The zero-order valence-electron chi connectivity index (χ0n) is 15.5. The van der Waals surface area contributed by atoms with Crippen LogP contribution in [-0.4, -0.2) is 52.1 Å². The molecule has 1 saturated carbocycles. The van der Waals surface area contributed by atoms with Crippen molar-refractivity contribution in [1.82, 2.24) is 9.80 Å². The van der Waals surface area contributed by atoms with Crippen molar-refractivity contribution >= 4 is 12.0 Å². The summed E-state index contributed by atoms with van der Waals surface area (Å²) in [5.41, 5.74) is -0.583. The minimum Gasteiger partial charge on any atom is -0.444 e. The second-order valence-electron chi connectivity index (χ2n) is 8.57. The summed E-state index contributed by atoms with van der Waals surface area (Å²) in [6.45, 7) is 6.16. The standard InChI is InChI=1S/C19H29N3O3/c1-19(2,3)25-18(24)22-15-9-5-4-7-13(15)11-16(22)17(23)21-10-6-8-14(21)12-20/h13-16H,4-11H2,1-3H3/t13-,14+,15+,16+/m1/s1. The van der Waals surface area contributed by atoms with Crippen molar-refractivity contribution in [2.45, 2.75) is 89.4 Å². The Morgan fingerprint density at radius 3 is 2.52 bits per heavy atom. The van der Waals surface area contributed by atoms with Crippen molar-refractivity contribution in [1.29, 1.82) is 5.26 Å². The van der Waals surface area contributed by atoms with Crippen LogP contribution in [0.15, 0.2) is 0 Å². The third-order valence-electron chi connectivity index (χ3n) is 5.66. The molecular weight excluding hydrogens is 318 g/mol. The van der Waals surface area contributed by atoms with Gasteiger partial charge in [0.15, 0.2) is 0 Å². The molecule has 4 atom stereocenters. The molecular formula is C19H29N3O3. The van der Waals surface area contributed by atoms with Gasteiger partial charge in [0.1, 0.15) is 17.7 Å². The molecule has 0 aromatic rings. The lowest BCUT2D eigenvalue weighted by Gasteiger charge is -2.36. The van der Waals surface area contributed by atoms with E-state index in [-0.39, 0.29) is 24.1 Å². The summed E-state index contributed by atoms with van der Waals surface area (Å²) in [6.07, 6.45) is 6.17. The van der Waals surface area contributed by atoms with Crippen molar-refractivity contribution in [3.8, 4) is 6.07 Å². The SMILES string of the molecule is CC(C)(C)OC(=O)N1[C@H](C(=O)N2CCC[C@H]2C#N)C[C@H]2CCCC[C@@H]21. The van der Waals surface area contributed by atoms with Crippen LogP contribution in [0.1, 0.15) is 65.7 Å². The topological polar surface area (TPSA) is 73.6 Å². The predicted octanol–water partition coefficient (Wildman–Crippen LogP) is 3.07. The number of hydrogen-bond acceptors (Lipinski definition) is 4. The van der Waals surface area contributed by atoms with Crippen LogP contribution < -0.4 is 0 Å². The number of carbonyl (C=O) groups is 2. The Labute approximate surface area is 150 Å². The Morgan fingerprint density at radius 1 is 1.12 bits per heavy atom. The number of fused-ring (bicyclic) bond motifs is 1. The fraction of sp³-hybridized carbons (Fsp3) is 0.842. The zero-order chi connectivity index (χ0) is 18.2. The van der Waals surface area contributed by atoms with Gasteiger partial charge in [-0.2, -0.15) is 5.26 Å². The summed E-state index contributed by atoms with van der Waals surface area (Å²) in [5, 5.41) is 9.31. The molecule has 6 heteroatoms. The van der Waals surface area contributed by atoms with E-state index in [2.05, 4.69) is 6.07 Å². The monoisotopic (exact) mass is 347 g/mol. The van der Waals surface area contributed by atoms with Crippen molar-refractivity contribution in [2.24, 2.45) is 5.92 Å². The minimum absolute atomic E-state index is 0.0655. The highest BCUT2D eigenvalue weighted by Crippen LogP contribution is 2.41. The molecule has 1 aliphatic carbocycles. The lowest BCUT2D eigenvalue weighted by molar-refractivity contribution is -0.136. The minimum atomic E-state index is -0.583. The molecule has 2 amide bonds. The molecule has 6 nitrogen and oxygen atoms in total. The molecule has 0 radical (unpaired) electrons. The third kappa shape index (κ3) is 3.61. The maximum atomic E-state index is 13.2. The fourth-order valence-corrected chi connectivity index (χ4v) is 4.61. The average Bonchev–Trinajstić information content (AvgIpc) is 3.16. The quantitative estimate of drug-likeness (QED) is 0.731. The van der Waals surface area contributed by atoms with E-state index < -0.39 is 11.6 Å². The number of ether oxygens (including phenoxy) is 1. The number of nitriles is 1. The Balaban J connectivity index is 1.83. The molecule has 0 unspecified atom stereocenters. The van der Waals surface area contributed by atoms with E-state index >= 15 is 0 Å². The molecule has 0 N–H and O–H groups in total. The van der Waals surface area contributed by atoms with Crippen LogP contribution in [0, 0.1) is 17.2 Å². The highest BCUT2D eigenvalue weighted by atomic mass is 16.6. The maximum Gasteiger partial charge on any atom is 0.411 e. The number of rotatable bonds is 1. The number of carbonyl (C=O) groups excluding carboxylic acids is 2. The molecule has 138 valence electrons. The fourth-order valence-electron chi connectivity index (χ4n) is 4.61. The van der Waals surface area contributed by atoms with Gasteiger partial charge in [-0.1, -0.05) is 12.8 Å². The molecule has 0 spiro atoms. The van der Waals surface area contributed by atoms with Gasteiger partial charge in [-0.3, -0.25) is 9.69 Å². The van der Waals surface area contributed by atoms with E-state index in [0.717, 1.165) is 38.5 Å². The third-order valence-corrected chi connectivity index (χ3v) is 5.66. The van der Waals surface area contributed by atoms with Crippen LogP contribution in [0.2, 0.25) is 0 Å². The highest BCUT2D eigenvalue weighted by molar-refractivity contribution is 5.87. The smallest absolute Gasteiger partial charge is 0.411 e. The molecule has 3 rings (SSSR count). The van der Waals surface area contributed by atoms with E-state index in [1.54, 1.807) is 9.80 Å². The molecule has 0 aromatic carbocycles. The maximum absolute atomic E-state index is 13.2. The molecule has 25 heavy (non-hydrogen) atoms. The largest absolute Gasteiger partial charge is 0.444 e. The summed E-state index contributed by atoms with van der Waals surface area (Å²) in [7, 11) is 0. The van der Waals surface area contributed by atoms with Gasteiger partial charge < -0.3 is 9.64 Å². The average molecular weight is 347 g/mol. The van der Waals surface area contributed by atoms with Gasteiger partial charge in [-0.25, -0.2) is 4.79 Å². The Morgan fingerprint density at radius 2 is 1.84 bits per heavy atom. The predicted molar refractivity (Wildman–Crippen MR) is 92.6 cm³/mol. The van der Waals surface area contributed by atoms with Gasteiger partial charge in [-0.05, 0) is 58.8 Å². The van der Waals surface area contributed by atoms with Crippen LogP contribution >= 0.6 is 0 Å². The number of hydrogen-bond donors (Lipinski definition) is 0. The summed E-state index contributed by atoms with van der Waals surface area (Å²) in [6, 6.07) is 1.51. The first-order valence-corrected chi connectivity index (χ1v) is 9.53. The number of likely N-dealkylation sites (tertiary alicyclic amines) is 2. The van der Waals surface area contributed by atoms with Crippen LogP contribution in [-0.2, 0) is 9.53 Å². The van der Waals surface area contributed by atoms with Crippen LogP contribution in [0.5, 0.6) is 0 Å². The summed E-state index contributed by atoms with van der Waals surface area (Å²) in [5.74, 6) is 0.308. The first-order chi connectivity index (χ1) is 11.8. The Hall–Kier alpha value is -1.77. The normalized spacial score (nSPS) is 32.2. The van der Waals surface area contributed by atoms with E-state index in [1.165, 1.54) is 0 Å². The highest BCUT2D eigenvalue weighted by Gasteiger charge is 2.50. The van der Waals surface area contributed by atoms with E-state index in [9.17, 15) is 14.9 Å². The zero-order valence-corrected chi connectivity index (χ0v) is 15.5. The Bertz CT molecular complexity index is 577. The number of amides is 2. The van der Waals surface area contributed by atoms with Crippen molar-refractivity contribution in [3.63, 3.8) is 0 Å². The van der Waals surface area contributed by atoms with Crippen LogP contribution in [0.4, 0.5) is 4.79 Å². The van der Waals surface area contributed by atoms with Crippen molar-refractivity contribution in [3.05, 3.63) is 0 Å². The molecule has 2 aliphatic heterocycles. The van der Waals surface area contributed by atoms with E-state index in [4.69, 9.17) is 4.74 Å². The molecule has 2 heterocycles. The molecule has 3 fully saturated rings. The second kappa shape index (κ2) is 6.86. The lowest BCUT2D eigenvalue weighted by Crippen LogP contribution is -2.52. The van der Waals surface area contributed by atoms with E-state index in [0.29, 0.717) is 18.9 Å². The van der Waals surface area contributed by atoms with Crippen LogP contribution in [0.3, 0.4) is 0 Å². The molecule has 0 bridgehead atoms. The second-order valence-corrected chi connectivity index (χ2v) is 8.57. The molecule has 0 aromatic heterocycles. The summed E-state index contributed by atoms with van der Waals surface area (Å²) in [4.78, 5) is 29.4. The Kier molecular flexibility index (Phi) is 4.95. The van der Waals surface area contributed by atoms with Crippen molar-refractivity contribution < 1.29 is 14.3 Å². The summed E-state index contributed by atoms with van der Waals surface area (Å²) >= 11 is 0. The van der Waals surface area contributed by atoms with Gasteiger partial charge in [0, 0.05) is 12.6 Å². The van der Waals surface area contributed by atoms with Gasteiger partial charge in [0.25, 0.3) is 0 Å². The first kappa shape index (κ1) is 18.0. The molecule has 2 saturated heterocycles. The summed E-state index contributed by atoms with van der Waals surface area (Å²) < 4.78 is 5.62. The van der Waals surface area contributed by atoms with Crippen LogP contribution in [0.25, 0.3) is 0 Å². The van der Waals surface area contributed by atoms with Gasteiger partial charge >= 0.3 is 6.09 Å². The van der Waals surface area contributed by atoms with Crippen molar-refractivity contribution in [2.75, 3.05) is 6.54 Å². The van der Waals surface area contributed by atoms with Gasteiger partial charge in [0.2, 0.25) is 5.91 Å². The van der Waals surface area contributed by atoms with Gasteiger partial charge in [-0.15, -0.1) is 0 Å². The van der Waals surface area contributed by atoms with E-state index in [1.807, 2.05) is 20.8 Å². The molecule has 3 aliphatic rings. The lowest BCUT2D eigenvalue weighted by atomic mass is 9.85.